The average Bonchev–Trinajstić information content (AvgIpc) is 2.65. The fourth-order valence-electron chi connectivity index (χ4n) is 2.25. The summed E-state index contributed by atoms with van der Waals surface area (Å²) < 4.78 is 5.27. The summed E-state index contributed by atoms with van der Waals surface area (Å²) in [5.41, 5.74) is 2.66. The van der Waals surface area contributed by atoms with Gasteiger partial charge in [0.1, 0.15) is 0 Å². The first-order valence-electron chi connectivity index (χ1n) is 7.22. The summed E-state index contributed by atoms with van der Waals surface area (Å²) >= 11 is 0. The monoisotopic (exact) mass is 256 g/mol. The van der Waals surface area contributed by atoms with Gasteiger partial charge in [0, 0.05) is 25.8 Å². The normalized spacial score (nSPS) is 18.4. The zero-order chi connectivity index (χ0) is 13.1. The number of hydrogen-bond donors (Lipinski definition) is 3. The molecule has 1 rings (SSSR count). The lowest BCUT2D eigenvalue weighted by molar-refractivity contribution is 0.146. The van der Waals surface area contributed by atoms with Crippen molar-refractivity contribution in [3.63, 3.8) is 0 Å². The third kappa shape index (κ3) is 6.81. The van der Waals surface area contributed by atoms with Gasteiger partial charge in [-0.1, -0.05) is 25.7 Å². The maximum Gasteiger partial charge on any atom is 0.205 e. The Morgan fingerprint density at radius 2 is 2.00 bits per heavy atom. The van der Waals surface area contributed by atoms with E-state index in [0.29, 0.717) is 6.04 Å². The second kappa shape index (κ2) is 10.1. The summed E-state index contributed by atoms with van der Waals surface area (Å²) in [6.07, 6.45) is 8.70. The van der Waals surface area contributed by atoms with Gasteiger partial charge in [0.25, 0.3) is 0 Å². The fourth-order valence-corrected chi connectivity index (χ4v) is 2.25. The van der Waals surface area contributed by atoms with Gasteiger partial charge in [0.05, 0.1) is 0 Å². The molecule has 0 amide bonds. The van der Waals surface area contributed by atoms with Crippen molar-refractivity contribution in [3.8, 4) is 0 Å². The summed E-state index contributed by atoms with van der Waals surface area (Å²) in [5.74, 6) is 6.22. The van der Waals surface area contributed by atoms with Gasteiger partial charge in [-0.05, 0) is 26.2 Å². The molecule has 0 spiro atoms. The van der Waals surface area contributed by atoms with Crippen molar-refractivity contribution in [2.45, 2.75) is 57.9 Å². The van der Waals surface area contributed by atoms with Gasteiger partial charge in [0.15, 0.2) is 0 Å². The molecule has 0 saturated heterocycles. The number of guanidine groups is 1. The number of ether oxygens (including phenoxy) is 1. The Morgan fingerprint density at radius 1 is 1.28 bits per heavy atom. The van der Waals surface area contributed by atoms with Crippen LogP contribution < -0.4 is 16.6 Å². The second-order valence-corrected chi connectivity index (χ2v) is 4.76. The van der Waals surface area contributed by atoms with E-state index in [1.54, 1.807) is 0 Å². The molecule has 0 atom stereocenters. The second-order valence-electron chi connectivity index (χ2n) is 4.76. The van der Waals surface area contributed by atoms with Crippen LogP contribution in [0.5, 0.6) is 0 Å². The van der Waals surface area contributed by atoms with Gasteiger partial charge < -0.3 is 10.1 Å². The van der Waals surface area contributed by atoms with E-state index in [4.69, 9.17) is 10.6 Å². The summed E-state index contributed by atoms with van der Waals surface area (Å²) in [4.78, 5) is 4.43. The van der Waals surface area contributed by atoms with Gasteiger partial charge >= 0.3 is 0 Å². The largest absolute Gasteiger partial charge is 0.382 e. The average molecular weight is 256 g/mol. The van der Waals surface area contributed by atoms with Crippen molar-refractivity contribution in [3.05, 3.63) is 0 Å². The molecule has 106 valence electrons. The first-order chi connectivity index (χ1) is 8.86. The van der Waals surface area contributed by atoms with Crippen LogP contribution >= 0.6 is 0 Å². The highest BCUT2D eigenvalue weighted by Gasteiger charge is 2.12. The van der Waals surface area contributed by atoms with Crippen LogP contribution in [-0.4, -0.2) is 31.8 Å². The zero-order valence-electron chi connectivity index (χ0n) is 11.6. The minimum atomic E-state index is 0.522. The minimum Gasteiger partial charge on any atom is -0.382 e. The molecule has 1 fully saturated rings. The Balaban J connectivity index is 2.23. The van der Waals surface area contributed by atoms with Gasteiger partial charge in [-0.25, -0.2) is 5.84 Å². The number of hydrogen-bond acceptors (Lipinski definition) is 3. The van der Waals surface area contributed by atoms with Crippen LogP contribution in [0.3, 0.4) is 0 Å². The van der Waals surface area contributed by atoms with Crippen LogP contribution in [0.15, 0.2) is 4.99 Å². The standard InChI is InChI=1S/C13H28N4O/c1-2-18-11-7-10-15-13(17-14)16-12-8-5-3-4-6-9-12/h12H,2-11,14H2,1H3,(H2,15,16,17). The third-order valence-corrected chi connectivity index (χ3v) is 3.25. The number of hydrazine groups is 1. The van der Waals surface area contributed by atoms with Crippen LogP contribution in [0.4, 0.5) is 0 Å². The molecule has 0 aromatic rings. The molecular formula is C13H28N4O. The van der Waals surface area contributed by atoms with E-state index in [0.717, 1.165) is 32.1 Å². The highest BCUT2D eigenvalue weighted by molar-refractivity contribution is 5.79. The van der Waals surface area contributed by atoms with Crippen LogP contribution in [0.25, 0.3) is 0 Å². The molecule has 0 aromatic carbocycles. The Morgan fingerprint density at radius 3 is 2.61 bits per heavy atom. The fraction of sp³-hybridized carbons (Fsp3) is 0.923. The Labute approximate surface area is 111 Å². The number of aliphatic imine (C=N–C) groups is 1. The maximum absolute atomic E-state index is 5.50. The summed E-state index contributed by atoms with van der Waals surface area (Å²) in [7, 11) is 0. The molecule has 0 radical (unpaired) electrons. The highest BCUT2D eigenvalue weighted by Crippen LogP contribution is 2.16. The molecule has 0 aromatic heterocycles. The van der Waals surface area contributed by atoms with Crippen LogP contribution in [0.2, 0.25) is 0 Å². The van der Waals surface area contributed by atoms with E-state index in [-0.39, 0.29) is 0 Å². The lowest BCUT2D eigenvalue weighted by atomic mass is 10.1. The molecule has 1 aliphatic carbocycles. The van der Waals surface area contributed by atoms with E-state index >= 15 is 0 Å². The lowest BCUT2D eigenvalue weighted by Crippen LogP contribution is -2.46. The number of nitrogens with one attached hydrogen (secondary N) is 2. The molecule has 5 nitrogen and oxygen atoms in total. The van der Waals surface area contributed by atoms with E-state index in [2.05, 4.69) is 15.7 Å². The Hall–Kier alpha value is -0.810. The summed E-state index contributed by atoms with van der Waals surface area (Å²) in [6.45, 7) is 4.29. The maximum atomic E-state index is 5.50. The molecule has 1 aliphatic rings. The SMILES string of the molecule is CCOCCCN=C(NN)NC1CCCCCC1. The molecule has 0 unspecified atom stereocenters. The topological polar surface area (TPSA) is 71.7 Å². The Kier molecular flexibility index (Phi) is 8.59. The molecule has 1 saturated carbocycles. The van der Waals surface area contributed by atoms with Crippen LogP contribution in [0.1, 0.15) is 51.9 Å². The smallest absolute Gasteiger partial charge is 0.205 e. The molecule has 0 aliphatic heterocycles. The number of rotatable bonds is 6. The number of nitrogens with two attached hydrogens (primary N) is 1. The molecule has 4 N–H and O–H groups in total. The van der Waals surface area contributed by atoms with Gasteiger partial charge in [-0.2, -0.15) is 0 Å². The summed E-state index contributed by atoms with van der Waals surface area (Å²) in [6, 6.07) is 0.522. The molecule has 0 bridgehead atoms. The van der Waals surface area contributed by atoms with Crippen molar-refractivity contribution < 1.29 is 4.74 Å². The van der Waals surface area contributed by atoms with Crippen molar-refractivity contribution >= 4 is 5.96 Å². The van der Waals surface area contributed by atoms with Gasteiger partial charge in [0.2, 0.25) is 5.96 Å². The molecular weight excluding hydrogens is 228 g/mol. The van der Waals surface area contributed by atoms with Crippen LogP contribution in [-0.2, 0) is 4.74 Å². The minimum absolute atomic E-state index is 0.522. The van der Waals surface area contributed by atoms with Crippen molar-refractivity contribution in [1.82, 2.24) is 10.7 Å². The van der Waals surface area contributed by atoms with E-state index in [1.807, 2.05) is 6.92 Å². The molecule has 5 heteroatoms. The van der Waals surface area contributed by atoms with Crippen molar-refractivity contribution in [1.29, 1.82) is 0 Å². The molecule has 0 heterocycles. The van der Waals surface area contributed by atoms with E-state index < -0.39 is 0 Å². The van der Waals surface area contributed by atoms with Gasteiger partial charge in [-0.3, -0.25) is 10.4 Å². The third-order valence-electron chi connectivity index (χ3n) is 3.25. The predicted molar refractivity (Wildman–Crippen MR) is 75.4 cm³/mol. The molecule has 18 heavy (non-hydrogen) atoms. The lowest BCUT2D eigenvalue weighted by Gasteiger charge is -2.18. The van der Waals surface area contributed by atoms with E-state index in [9.17, 15) is 0 Å². The number of nitrogens with zero attached hydrogens (tertiary/aromatic N) is 1. The zero-order valence-corrected chi connectivity index (χ0v) is 11.6. The Bertz CT molecular complexity index is 225. The summed E-state index contributed by atoms with van der Waals surface area (Å²) in [5, 5.41) is 3.41. The first kappa shape index (κ1) is 15.2. The van der Waals surface area contributed by atoms with E-state index in [1.165, 1.54) is 38.5 Å². The van der Waals surface area contributed by atoms with Crippen molar-refractivity contribution in [2.24, 2.45) is 10.8 Å². The van der Waals surface area contributed by atoms with Gasteiger partial charge in [-0.15, -0.1) is 0 Å². The van der Waals surface area contributed by atoms with Crippen LogP contribution in [0, 0.1) is 0 Å². The quantitative estimate of drug-likeness (QED) is 0.168. The first-order valence-corrected chi connectivity index (χ1v) is 7.22. The van der Waals surface area contributed by atoms with Crippen molar-refractivity contribution in [2.75, 3.05) is 19.8 Å². The predicted octanol–water partition coefficient (Wildman–Crippen LogP) is 1.54. The highest BCUT2D eigenvalue weighted by atomic mass is 16.5.